The molecule has 186 valence electrons. The molecule has 0 radical (unpaired) electrons. The lowest BCUT2D eigenvalue weighted by Gasteiger charge is -2.41. The second-order valence-electron chi connectivity index (χ2n) is 11.6. The van der Waals surface area contributed by atoms with Crippen LogP contribution >= 0.6 is 0 Å². The van der Waals surface area contributed by atoms with Crippen LogP contribution in [0.1, 0.15) is 83.2 Å². The Morgan fingerprint density at radius 3 is 2.53 bits per heavy atom. The molecule has 0 saturated heterocycles. The van der Waals surface area contributed by atoms with Crippen molar-refractivity contribution < 1.29 is 14.3 Å². The third-order valence-electron chi connectivity index (χ3n) is 7.37. The van der Waals surface area contributed by atoms with Crippen LogP contribution in [0, 0.1) is 24.7 Å². The average Bonchev–Trinajstić information content (AvgIpc) is 3.13. The number of nitrogens with one attached hydrogen (secondary N) is 2. The SMILES string of the molecule is Cc1ccc2[nH]c3c(c2c1)CCN(C(=O)C1CCC(CNC(=O)OC(C)(C)C)CC1)C3C(C)C. The summed E-state index contributed by atoms with van der Waals surface area (Å²) in [5, 5.41) is 4.22. The van der Waals surface area contributed by atoms with Crippen LogP contribution in [0.4, 0.5) is 4.79 Å². The van der Waals surface area contributed by atoms with Gasteiger partial charge in [-0.25, -0.2) is 4.79 Å². The summed E-state index contributed by atoms with van der Waals surface area (Å²) in [5.74, 6) is 1.12. The number of alkyl carbamates (subject to hydrolysis) is 1. The molecule has 1 saturated carbocycles. The van der Waals surface area contributed by atoms with Crippen LogP contribution in [-0.4, -0.2) is 40.6 Å². The summed E-state index contributed by atoms with van der Waals surface area (Å²) in [7, 11) is 0. The summed E-state index contributed by atoms with van der Waals surface area (Å²) < 4.78 is 5.34. The van der Waals surface area contributed by atoms with Crippen LogP contribution in [0.2, 0.25) is 0 Å². The van der Waals surface area contributed by atoms with Crippen molar-refractivity contribution in [1.82, 2.24) is 15.2 Å². The molecule has 6 nitrogen and oxygen atoms in total. The molecule has 34 heavy (non-hydrogen) atoms. The van der Waals surface area contributed by atoms with Crippen molar-refractivity contribution in [2.75, 3.05) is 13.1 Å². The summed E-state index contributed by atoms with van der Waals surface area (Å²) in [4.78, 5) is 31.5. The summed E-state index contributed by atoms with van der Waals surface area (Å²) in [6.07, 6.45) is 4.25. The van der Waals surface area contributed by atoms with Gasteiger partial charge < -0.3 is 19.9 Å². The highest BCUT2D eigenvalue weighted by Gasteiger charge is 2.38. The Balaban J connectivity index is 1.40. The lowest BCUT2D eigenvalue weighted by molar-refractivity contribution is -0.141. The molecule has 1 aliphatic carbocycles. The van der Waals surface area contributed by atoms with E-state index in [1.54, 1.807) is 0 Å². The number of carbonyl (C=O) groups is 2. The maximum Gasteiger partial charge on any atom is 0.407 e. The van der Waals surface area contributed by atoms with Crippen molar-refractivity contribution in [2.24, 2.45) is 17.8 Å². The Morgan fingerprint density at radius 1 is 1.18 bits per heavy atom. The van der Waals surface area contributed by atoms with Crippen molar-refractivity contribution in [3.8, 4) is 0 Å². The first-order valence-corrected chi connectivity index (χ1v) is 12.9. The molecule has 1 fully saturated rings. The average molecular weight is 468 g/mol. The van der Waals surface area contributed by atoms with Gasteiger partial charge in [0.1, 0.15) is 5.60 Å². The number of aromatic amines is 1. The molecule has 2 amide bonds. The Bertz CT molecular complexity index is 1040. The molecule has 2 N–H and O–H groups in total. The smallest absolute Gasteiger partial charge is 0.407 e. The Hall–Kier alpha value is -2.50. The monoisotopic (exact) mass is 467 g/mol. The van der Waals surface area contributed by atoms with E-state index >= 15 is 0 Å². The van der Waals surface area contributed by atoms with Gasteiger partial charge in [-0.2, -0.15) is 0 Å². The second-order valence-corrected chi connectivity index (χ2v) is 11.6. The summed E-state index contributed by atoms with van der Waals surface area (Å²) in [6.45, 7) is 13.6. The minimum Gasteiger partial charge on any atom is -0.444 e. The van der Waals surface area contributed by atoms with Crippen LogP contribution in [0.5, 0.6) is 0 Å². The molecular weight excluding hydrogens is 426 g/mol. The van der Waals surface area contributed by atoms with Gasteiger partial charge in [0, 0.05) is 35.6 Å². The van der Waals surface area contributed by atoms with Gasteiger partial charge in [0.15, 0.2) is 0 Å². The van der Waals surface area contributed by atoms with E-state index in [1.807, 2.05) is 20.8 Å². The summed E-state index contributed by atoms with van der Waals surface area (Å²) in [6, 6.07) is 6.68. The zero-order valence-corrected chi connectivity index (χ0v) is 21.7. The van der Waals surface area contributed by atoms with Crippen molar-refractivity contribution in [3.05, 3.63) is 35.0 Å². The summed E-state index contributed by atoms with van der Waals surface area (Å²) in [5.41, 5.74) is 4.57. The molecule has 1 unspecified atom stereocenters. The first-order valence-electron chi connectivity index (χ1n) is 12.9. The van der Waals surface area contributed by atoms with E-state index < -0.39 is 5.60 Å². The normalized spacial score (nSPS) is 23.1. The number of aryl methyl sites for hydroxylation is 1. The van der Waals surface area contributed by atoms with Crippen LogP contribution in [-0.2, 0) is 16.0 Å². The van der Waals surface area contributed by atoms with Gasteiger partial charge in [0.05, 0.1) is 6.04 Å². The summed E-state index contributed by atoms with van der Waals surface area (Å²) >= 11 is 0. The highest BCUT2D eigenvalue weighted by Crippen LogP contribution is 2.41. The number of rotatable bonds is 4. The molecule has 0 spiro atoms. The van der Waals surface area contributed by atoms with Gasteiger partial charge in [-0.15, -0.1) is 0 Å². The van der Waals surface area contributed by atoms with E-state index in [1.165, 1.54) is 27.7 Å². The molecular formula is C28H41N3O3. The third kappa shape index (κ3) is 5.26. The number of benzene rings is 1. The molecule has 1 atom stereocenters. The van der Waals surface area contributed by atoms with Gasteiger partial charge in [0.25, 0.3) is 0 Å². The van der Waals surface area contributed by atoms with Crippen LogP contribution in [0.3, 0.4) is 0 Å². The lowest BCUT2D eigenvalue weighted by Crippen LogP contribution is -2.46. The predicted octanol–water partition coefficient (Wildman–Crippen LogP) is 5.89. The van der Waals surface area contributed by atoms with Gasteiger partial charge in [-0.05, 0) is 89.3 Å². The van der Waals surface area contributed by atoms with Crippen molar-refractivity contribution in [2.45, 2.75) is 85.3 Å². The maximum absolute atomic E-state index is 13.7. The highest BCUT2D eigenvalue weighted by atomic mass is 16.6. The van der Waals surface area contributed by atoms with Crippen molar-refractivity contribution in [3.63, 3.8) is 0 Å². The number of carbonyl (C=O) groups excluding carboxylic acids is 2. The molecule has 6 heteroatoms. The predicted molar refractivity (Wildman–Crippen MR) is 136 cm³/mol. The number of fused-ring (bicyclic) bond motifs is 3. The fourth-order valence-corrected chi connectivity index (χ4v) is 5.76. The van der Waals surface area contributed by atoms with Crippen LogP contribution < -0.4 is 5.32 Å². The minimum absolute atomic E-state index is 0.0761. The molecule has 2 heterocycles. The van der Waals surface area contributed by atoms with E-state index in [0.29, 0.717) is 24.3 Å². The quantitative estimate of drug-likeness (QED) is 0.589. The number of hydrogen-bond donors (Lipinski definition) is 2. The van der Waals surface area contributed by atoms with E-state index in [0.717, 1.165) is 38.6 Å². The number of H-pyrrole nitrogens is 1. The van der Waals surface area contributed by atoms with Crippen LogP contribution in [0.15, 0.2) is 18.2 Å². The van der Waals surface area contributed by atoms with E-state index in [9.17, 15) is 9.59 Å². The second kappa shape index (κ2) is 9.63. The van der Waals surface area contributed by atoms with Crippen molar-refractivity contribution >= 4 is 22.9 Å². The highest BCUT2D eigenvalue weighted by molar-refractivity contribution is 5.87. The molecule has 1 aliphatic heterocycles. The zero-order chi connectivity index (χ0) is 24.6. The number of ether oxygens (including phenoxy) is 1. The Morgan fingerprint density at radius 2 is 1.88 bits per heavy atom. The standard InChI is InChI=1S/C28H41N3O3/c1-17(2)25-24-21(22-15-18(3)7-12-23(22)30-24)13-14-31(25)26(32)20-10-8-19(9-11-20)16-29-27(33)34-28(4,5)6/h7,12,15,17,19-20,25,30H,8-11,13-14,16H2,1-6H3,(H,29,33). The number of hydrogen-bond acceptors (Lipinski definition) is 3. The fourth-order valence-electron chi connectivity index (χ4n) is 5.76. The lowest BCUT2D eigenvalue weighted by atomic mass is 9.80. The third-order valence-corrected chi connectivity index (χ3v) is 7.37. The van der Waals surface area contributed by atoms with Gasteiger partial charge >= 0.3 is 6.09 Å². The Labute approximate surface area is 203 Å². The van der Waals surface area contributed by atoms with Gasteiger partial charge in [0.2, 0.25) is 5.91 Å². The topological polar surface area (TPSA) is 74.4 Å². The number of nitrogens with zero attached hydrogens (tertiary/aromatic N) is 1. The van der Waals surface area contributed by atoms with Crippen molar-refractivity contribution in [1.29, 1.82) is 0 Å². The van der Waals surface area contributed by atoms with E-state index in [-0.39, 0.29) is 18.1 Å². The molecule has 2 aromatic rings. The Kier molecular flexibility index (Phi) is 6.97. The fraction of sp³-hybridized carbons (Fsp3) is 0.643. The molecule has 1 aromatic heterocycles. The molecule has 0 bridgehead atoms. The molecule has 4 rings (SSSR count). The maximum atomic E-state index is 13.7. The number of aromatic nitrogens is 1. The minimum atomic E-state index is -0.487. The van der Waals surface area contributed by atoms with Gasteiger partial charge in [-0.3, -0.25) is 4.79 Å². The van der Waals surface area contributed by atoms with E-state index in [4.69, 9.17) is 4.74 Å². The largest absolute Gasteiger partial charge is 0.444 e. The van der Waals surface area contributed by atoms with Crippen LogP contribution in [0.25, 0.3) is 10.9 Å². The molecule has 1 aromatic carbocycles. The first-order chi connectivity index (χ1) is 16.0. The first kappa shape index (κ1) is 24.6. The molecule has 2 aliphatic rings. The van der Waals surface area contributed by atoms with Gasteiger partial charge in [-0.1, -0.05) is 25.5 Å². The number of amides is 2. The zero-order valence-electron chi connectivity index (χ0n) is 21.7. The van der Waals surface area contributed by atoms with E-state index in [2.05, 4.69) is 54.2 Å².